The van der Waals surface area contributed by atoms with Crippen LogP contribution < -0.4 is 29.6 Å². The molecule has 0 radical (unpaired) electrons. The summed E-state index contributed by atoms with van der Waals surface area (Å²) in [7, 11) is 6.62. The van der Waals surface area contributed by atoms with E-state index < -0.39 is 0 Å². The summed E-state index contributed by atoms with van der Waals surface area (Å²) in [5.41, 5.74) is 6.43. The molecule has 2 heterocycles. The van der Waals surface area contributed by atoms with E-state index in [1.54, 1.807) is 28.4 Å². The maximum absolute atomic E-state index is 5.56. The minimum Gasteiger partial charge on any atom is -0.497 e. The molecule has 6 aromatic rings. The molecule has 2 N–H and O–H groups in total. The minimum absolute atomic E-state index is 0.713. The number of pyridine rings is 2. The van der Waals surface area contributed by atoms with Crippen molar-refractivity contribution in [2.45, 2.75) is 0 Å². The van der Waals surface area contributed by atoms with Gasteiger partial charge in [0.2, 0.25) is 0 Å². The second-order valence-electron chi connectivity index (χ2n) is 9.14. The molecule has 0 aliphatic heterocycles. The molecule has 6 rings (SSSR count). The molecule has 0 spiro atoms. The Morgan fingerprint density at radius 3 is 1.15 bits per heavy atom. The fourth-order valence-corrected chi connectivity index (χ4v) is 4.72. The molecular weight excluding hydrogens is 504 g/mol. The average molecular weight is 533 g/mol. The van der Waals surface area contributed by atoms with Crippen LogP contribution in [-0.4, -0.2) is 38.4 Å². The highest BCUT2D eigenvalue weighted by Gasteiger charge is 2.19. The zero-order chi connectivity index (χ0) is 27.6. The Hall–Kier alpha value is -5.24. The molecule has 0 fully saturated rings. The summed E-state index contributed by atoms with van der Waals surface area (Å²) >= 11 is 0. The van der Waals surface area contributed by atoms with Crippen molar-refractivity contribution in [3.63, 3.8) is 0 Å². The third kappa shape index (κ3) is 4.60. The van der Waals surface area contributed by atoms with E-state index in [0.29, 0.717) is 11.0 Å². The number of hydrogen-bond donors (Lipinski definition) is 2. The Morgan fingerprint density at radius 2 is 0.800 bits per heavy atom. The van der Waals surface area contributed by atoms with Crippen LogP contribution in [0.2, 0.25) is 0 Å². The van der Waals surface area contributed by atoms with Crippen molar-refractivity contribution >= 4 is 55.6 Å². The topological polar surface area (TPSA) is 86.8 Å². The fourth-order valence-electron chi connectivity index (χ4n) is 4.72. The number of nitrogens with one attached hydrogen (secondary N) is 2. The van der Waals surface area contributed by atoms with Crippen LogP contribution in [0, 0.1) is 0 Å². The van der Waals surface area contributed by atoms with Crippen molar-refractivity contribution in [1.29, 1.82) is 0 Å². The molecule has 0 bridgehead atoms. The maximum Gasteiger partial charge on any atom is 0.119 e. The van der Waals surface area contributed by atoms with Gasteiger partial charge in [-0.2, -0.15) is 0 Å². The van der Waals surface area contributed by atoms with Crippen LogP contribution in [0.4, 0.5) is 22.7 Å². The van der Waals surface area contributed by atoms with Gasteiger partial charge in [-0.3, -0.25) is 0 Å². The molecule has 200 valence electrons. The maximum atomic E-state index is 5.56. The summed E-state index contributed by atoms with van der Waals surface area (Å²) in [5.74, 6) is 3.02. The van der Waals surface area contributed by atoms with E-state index in [2.05, 4.69) is 10.6 Å². The quantitative estimate of drug-likeness (QED) is 0.195. The number of fused-ring (bicyclic) bond motifs is 3. The molecule has 4 aromatic carbocycles. The van der Waals surface area contributed by atoms with Crippen molar-refractivity contribution in [3.8, 4) is 23.0 Å². The highest BCUT2D eigenvalue weighted by Crippen LogP contribution is 2.41. The molecule has 40 heavy (non-hydrogen) atoms. The molecular formula is C32H28N4O4. The third-order valence-electron chi connectivity index (χ3n) is 6.83. The molecule has 0 amide bonds. The van der Waals surface area contributed by atoms with E-state index in [9.17, 15) is 0 Å². The van der Waals surface area contributed by atoms with Crippen molar-refractivity contribution in [1.82, 2.24) is 9.97 Å². The van der Waals surface area contributed by atoms with Crippen LogP contribution in [0.1, 0.15) is 0 Å². The number of rotatable bonds is 8. The summed E-state index contributed by atoms with van der Waals surface area (Å²) in [5, 5.41) is 8.98. The van der Waals surface area contributed by atoms with Gasteiger partial charge in [0.1, 0.15) is 34.0 Å². The lowest BCUT2D eigenvalue weighted by Crippen LogP contribution is -2.02. The molecule has 0 unspecified atom stereocenters. The zero-order valence-corrected chi connectivity index (χ0v) is 22.6. The van der Waals surface area contributed by atoms with Crippen LogP contribution in [0.3, 0.4) is 0 Å². The third-order valence-corrected chi connectivity index (χ3v) is 6.83. The van der Waals surface area contributed by atoms with E-state index >= 15 is 0 Å². The standard InChI is InChI=1S/C32H28N4O4/c1-37-21-9-5-19(6-10-21)33-29-25-17-23(39-3)13-15-27(25)36-32-30(34-20-7-11-22(38-2)12-8-20)26-18-24(40-4)14-16-28(26)35-31(29)32/h5-18H,1-4H3,(H,33,36)(H,34,35). The first-order chi connectivity index (χ1) is 19.6. The van der Waals surface area contributed by atoms with Crippen LogP contribution in [-0.2, 0) is 0 Å². The normalized spacial score (nSPS) is 11.0. The van der Waals surface area contributed by atoms with Gasteiger partial charge < -0.3 is 29.6 Å². The van der Waals surface area contributed by atoms with Crippen molar-refractivity contribution in [3.05, 3.63) is 84.9 Å². The number of nitrogens with zero attached hydrogens (tertiary/aromatic N) is 2. The first-order valence-electron chi connectivity index (χ1n) is 12.7. The monoisotopic (exact) mass is 532 g/mol. The lowest BCUT2D eigenvalue weighted by Gasteiger charge is -2.18. The number of anilines is 4. The number of aromatic nitrogens is 2. The average Bonchev–Trinajstić information content (AvgIpc) is 3.01. The molecule has 0 saturated carbocycles. The lowest BCUT2D eigenvalue weighted by atomic mass is 10.1. The summed E-state index contributed by atoms with van der Waals surface area (Å²) in [6, 6.07) is 27.2. The molecule has 8 nitrogen and oxygen atoms in total. The van der Waals surface area contributed by atoms with Crippen LogP contribution in [0.15, 0.2) is 84.9 Å². The first kappa shape index (κ1) is 25.1. The molecule has 0 saturated heterocycles. The highest BCUT2D eigenvalue weighted by molar-refractivity contribution is 6.16. The van der Waals surface area contributed by atoms with Gasteiger partial charge in [0, 0.05) is 22.1 Å². The van der Waals surface area contributed by atoms with E-state index in [1.165, 1.54) is 0 Å². The number of benzene rings is 4. The Morgan fingerprint density at radius 1 is 0.450 bits per heavy atom. The number of ether oxygens (including phenoxy) is 4. The Balaban J connectivity index is 1.65. The predicted octanol–water partition coefficient (Wildman–Crippen LogP) is 7.46. The molecule has 0 aliphatic rings. The highest BCUT2D eigenvalue weighted by atomic mass is 16.5. The Bertz CT molecular complexity index is 1700. The van der Waals surface area contributed by atoms with E-state index in [4.69, 9.17) is 28.9 Å². The SMILES string of the molecule is COc1ccc(Nc2c3cc(OC)ccc3nc3c(Nc4ccc(OC)cc4)c4cc(OC)ccc4nc23)cc1. The van der Waals surface area contributed by atoms with Gasteiger partial charge in [-0.15, -0.1) is 0 Å². The number of hydrogen-bond acceptors (Lipinski definition) is 8. The molecule has 8 heteroatoms. The van der Waals surface area contributed by atoms with Crippen molar-refractivity contribution < 1.29 is 18.9 Å². The summed E-state index contributed by atoms with van der Waals surface area (Å²) in [6.45, 7) is 0. The Kier molecular flexibility index (Phi) is 6.57. The van der Waals surface area contributed by atoms with Gasteiger partial charge in [0.05, 0.1) is 50.8 Å². The predicted molar refractivity (Wildman–Crippen MR) is 160 cm³/mol. The summed E-state index contributed by atoms with van der Waals surface area (Å²) in [4.78, 5) is 10.2. The van der Waals surface area contributed by atoms with Gasteiger partial charge in [-0.25, -0.2) is 9.97 Å². The van der Waals surface area contributed by atoms with E-state index in [0.717, 1.165) is 67.6 Å². The molecule has 0 aliphatic carbocycles. The van der Waals surface area contributed by atoms with Gasteiger partial charge in [0.25, 0.3) is 0 Å². The van der Waals surface area contributed by atoms with Crippen LogP contribution in [0.5, 0.6) is 23.0 Å². The van der Waals surface area contributed by atoms with E-state index in [1.807, 2.05) is 84.9 Å². The molecule has 0 atom stereocenters. The zero-order valence-electron chi connectivity index (χ0n) is 22.6. The second kappa shape index (κ2) is 10.5. The molecule has 2 aromatic heterocycles. The van der Waals surface area contributed by atoms with Crippen molar-refractivity contribution in [2.24, 2.45) is 0 Å². The first-order valence-corrected chi connectivity index (χ1v) is 12.7. The summed E-state index contributed by atoms with van der Waals surface area (Å²) in [6.07, 6.45) is 0. The summed E-state index contributed by atoms with van der Waals surface area (Å²) < 4.78 is 21.8. The van der Waals surface area contributed by atoms with Gasteiger partial charge in [-0.05, 0) is 84.9 Å². The van der Waals surface area contributed by atoms with Crippen LogP contribution in [0.25, 0.3) is 32.8 Å². The van der Waals surface area contributed by atoms with Crippen LogP contribution >= 0.6 is 0 Å². The second-order valence-corrected chi connectivity index (χ2v) is 9.14. The van der Waals surface area contributed by atoms with Gasteiger partial charge in [-0.1, -0.05) is 0 Å². The number of methoxy groups -OCH3 is 4. The minimum atomic E-state index is 0.713. The fraction of sp³-hybridized carbons (Fsp3) is 0.125. The smallest absolute Gasteiger partial charge is 0.119 e. The van der Waals surface area contributed by atoms with Gasteiger partial charge in [0.15, 0.2) is 0 Å². The van der Waals surface area contributed by atoms with Crippen molar-refractivity contribution in [2.75, 3.05) is 39.1 Å². The van der Waals surface area contributed by atoms with Gasteiger partial charge >= 0.3 is 0 Å². The largest absolute Gasteiger partial charge is 0.497 e. The Labute approximate surface area is 231 Å². The lowest BCUT2D eigenvalue weighted by molar-refractivity contribution is 0.415. The van der Waals surface area contributed by atoms with E-state index in [-0.39, 0.29) is 0 Å².